The lowest BCUT2D eigenvalue weighted by Crippen LogP contribution is -2.43. The maximum absolute atomic E-state index is 12.1. The van der Waals surface area contributed by atoms with Crippen molar-refractivity contribution in [1.29, 1.82) is 0 Å². The van der Waals surface area contributed by atoms with Gasteiger partial charge in [-0.15, -0.1) is 11.3 Å². The third kappa shape index (κ3) is 3.78. The summed E-state index contributed by atoms with van der Waals surface area (Å²) >= 11 is 4.92. The lowest BCUT2D eigenvalue weighted by Gasteiger charge is -2.34. The Morgan fingerprint density at radius 3 is 2.82 bits per heavy atom. The van der Waals surface area contributed by atoms with E-state index in [4.69, 9.17) is 9.15 Å². The molecule has 0 spiro atoms. The molecule has 3 rings (SSSR count). The Morgan fingerprint density at radius 1 is 1.36 bits per heavy atom. The Labute approximate surface area is 141 Å². The number of morpholine rings is 1. The predicted molar refractivity (Wildman–Crippen MR) is 88.2 cm³/mol. The Hall–Kier alpha value is -1.15. The molecule has 1 aliphatic heterocycles. The smallest absolute Gasteiger partial charge is 0.287 e. The van der Waals surface area contributed by atoms with Crippen LogP contribution in [0.3, 0.4) is 0 Å². The van der Waals surface area contributed by atoms with Gasteiger partial charge in [-0.05, 0) is 39.5 Å². The van der Waals surface area contributed by atoms with Crippen molar-refractivity contribution in [2.24, 2.45) is 0 Å². The lowest BCUT2D eigenvalue weighted by atomic mass is 10.2. The molecule has 0 unspecified atom stereocenters. The molecule has 0 bridgehead atoms. The fourth-order valence-corrected chi connectivity index (χ4v) is 3.66. The monoisotopic (exact) mass is 384 g/mol. The van der Waals surface area contributed by atoms with Gasteiger partial charge in [0, 0.05) is 24.5 Å². The largest absolute Gasteiger partial charge is 0.444 e. The molecule has 1 atom stereocenters. The molecule has 1 saturated heterocycles. The maximum Gasteiger partial charge on any atom is 0.287 e. The van der Waals surface area contributed by atoms with E-state index in [2.05, 4.69) is 37.6 Å². The summed E-state index contributed by atoms with van der Waals surface area (Å²) in [5.74, 6) is 0.124. The number of hydrogen-bond donors (Lipinski definition) is 1. The summed E-state index contributed by atoms with van der Waals surface area (Å²) in [5.41, 5.74) is 0. The van der Waals surface area contributed by atoms with Gasteiger partial charge in [0.15, 0.2) is 10.4 Å². The van der Waals surface area contributed by atoms with E-state index in [9.17, 15) is 4.79 Å². The number of nitrogens with one attached hydrogen (secondary N) is 1. The molecule has 1 fully saturated rings. The molecule has 0 aliphatic carbocycles. The maximum atomic E-state index is 12.1. The predicted octanol–water partition coefficient (Wildman–Crippen LogP) is 2.91. The fourth-order valence-electron chi connectivity index (χ4n) is 2.49. The van der Waals surface area contributed by atoms with Gasteiger partial charge in [0.2, 0.25) is 0 Å². The third-order valence-electron chi connectivity index (χ3n) is 3.61. The number of furan rings is 1. The normalized spacial score (nSPS) is 17.3. The standard InChI is InChI=1S/C15H17BrN2O3S/c16-14-4-3-12(21-14)15(19)17-10-11(13-2-1-9-22-13)18-5-7-20-8-6-18/h1-4,9,11H,5-8,10H2,(H,17,19)/t11-/m1/s1. The molecule has 5 nitrogen and oxygen atoms in total. The summed E-state index contributed by atoms with van der Waals surface area (Å²) < 4.78 is 11.3. The van der Waals surface area contributed by atoms with Crippen LogP contribution >= 0.6 is 27.3 Å². The van der Waals surface area contributed by atoms with E-state index in [1.165, 1.54) is 4.88 Å². The van der Waals surface area contributed by atoms with Crippen LogP contribution in [-0.2, 0) is 4.74 Å². The molecular weight excluding hydrogens is 368 g/mol. The minimum Gasteiger partial charge on any atom is -0.444 e. The number of nitrogens with zero attached hydrogens (tertiary/aromatic N) is 1. The van der Waals surface area contributed by atoms with Gasteiger partial charge in [0.1, 0.15) is 0 Å². The van der Waals surface area contributed by atoms with Crippen molar-refractivity contribution in [3.8, 4) is 0 Å². The molecule has 0 saturated carbocycles. The van der Waals surface area contributed by atoms with E-state index in [0.717, 1.165) is 26.3 Å². The van der Waals surface area contributed by atoms with E-state index >= 15 is 0 Å². The molecule has 1 N–H and O–H groups in total. The van der Waals surface area contributed by atoms with Crippen LogP contribution < -0.4 is 5.32 Å². The zero-order chi connectivity index (χ0) is 15.4. The van der Waals surface area contributed by atoms with E-state index in [0.29, 0.717) is 17.0 Å². The van der Waals surface area contributed by atoms with E-state index in [1.54, 1.807) is 23.5 Å². The van der Waals surface area contributed by atoms with Crippen LogP contribution in [0.1, 0.15) is 21.5 Å². The van der Waals surface area contributed by atoms with Gasteiger partial charge in [0.05, 0.1) is 19.3 Å². The topological polar surface area (TPSA) is 54.7 Å². The Kier molecular flexibility index (Phi) is 5.30. The molecule has 22 heavy (non-hydrogen) atoms. The van der Waals surface area contributed by atoms with Gasteiger partial charge in [-0.25, -0.2) is 0 Å². The highest BCUT2D eigenvalue weighted by atomic mass is 79.9. The second-order valence-electron chi connectivity index (χ2n) is 4.99. The van der Waals surface area contributed by atoms with Crippen molar-refractivity contribution < 1.29 is 13.9 Å². The number of carbonyl (C=O) groups is 1. The molecular formula is C15H17BrN2O3S. The molecule has 2 aromatic heterocycles. The van der Waals surface area contributed by atoms with Crippen molar-refractivity contribution in [1.82, 2.24) is 10.2 Å². The highest BCUT2D eigenvalue weighted by Gasteiger charge is 2.24. The van der Waals surface area contributed by atoms with Crippen LogP contribution in [0.5, 0.6) is 0 Å². The number of rotatable bonds is 5. The Morgan fingerprint density at radius 2 is 2.18 bits per heavy atom. The fraction of sp³-hybridized carbons (Fsp3) is 0.400. The van der Waals surface area contributed by atoms with Crippen LogP contribution in [0.2, 0.25) is 0 Å². The number of hydrogen-bond acceptors (Lipinski definition) is 5. The highest BCUT2D eigenvalue weighted by Crippen LogP contribution is 2.25. The van der Waals surface area contributed by atoms with Crippen LogP contribution in [-0.4, -0.2) is 43.7 Å². The summed E-state index contributed by atoms with van der Waals surface area (Å²) in [4.78, 5) is 15.8. The summed E-state index contributed by atoms with van der Waals surface area (Å²) in [5, 5.41) is 5.03. The summed E-state index contributed by atoms with van der Waals surface area (Å²) in [6.45, 7) is 3.79. The first-order valence-electron chi connectivity index (χ1n) is 7.13. The van der Waals surface area contributed by atoms with Crippen molar-refractivity contribution in [3.05, 3.63) is 45.0 Å². The molecule has 7 heteroatoms. The zero-order valence-corrected chi connectivity index (χ0v) is 14.4. The van der Waals surface area contributed by atoms with Gasteiger partial charge in [-0.3, -0.25) is 9.69 Å². The molecule has 1 aliphatic rings. The molecule has 0 radical (unpaired) electrons. The molecule has 1 amide bonds. The summed E-state index contributed by atoms with van der Waals surface area (Å²) in [7, 11) is 0. The zero-order valence-electron chi connectivity index (χ0n) is 12.0. The van der Waals surface area contributed by atoms with Crippen molar-refractivity contribution in [3.63, 3.8) is 0 Å². The first-order chi connectivity index (χ1) is 10.7. The van der Waals surface area contributed by atoms with Crippen LogP contribution in [0, 0.1) is 0 Å². The number of amides is 1. The van der Waals surface area contributed by atoms with Gasteiger partial charge >= 0.3 is 0 Å². The van der Waals surface area contributed by atoms with E-state index < -0.39 is 0 Å². The quantitative estimate of drug-likeness (QED) is 0.860. The summed E-state index contributed by atoms with van der Waals surface area (Å²) in [6, 6.07) is 7.70. The third-order valence-corrected chi connectivity index (χ3v) is 5.01. The van der Waals surface area contributed by atoms with Crippen molar-refractivity contribution in [2.45, 2.75) is 6.04 Å². The van der Waals surface area contributed by atoms with E-state index in [-0.39, 0.29) is 11.9 Å². The first-order valence-corrected chi connectivity index (χ1v) is 8.80. The van der Waals surface area contributed by atoms with Crippen LogP contribution in [0.4, 0.5) is 0 Å². The first kappa shape index (κ1) is 15.7. The highest BCUT2D eigenvalue weighted by molar-refractivity contribution is 9.10. The SMILES string of the molecule is O=C(NC[C@H](c1cccs1)N1CCOCC1)c1ccc(Br)o1. The van der Waals surface area contributed by atoms with Gasteiger partial charge in [0.25, 0.3) is 5.91 Å². The van der Waals surface area contributed by atoms with Crippen molar-refractivity contribution >= 4 is 33.2 Å². The molecule has 2 aromatic rings. The minimum atomic E-state index is -0.194. The summed E-state index contributed by atoms with van der Waals surface area (Å²) in [6.07, 6.45) is 0. The molecule has 118 valence electrons. The van der Waals surface area contributed by atoms with Gasteiger partial charge in [-0.1, -0.05) is 6.07 Å². The van der Waals surface area contributed by atoms with Gasteiger partial charge < -0.3 is 14.5 Å². The van der Waals surface area contributed by atoms with E-state index in [1.807, 2.05) is 6.07 Å². The number of ether oxygens (including phenoxy) is 1. The minimum absolute atomic E-state index is 0.172. The van der Waals surface area contributed by atoms with Crippen molar-refractivity contribution in [2.75, 3.05) is 32.8 Å². The number of carbonyl (C=O) groups excluding carboxylic acids is 1. The average molecular weight is 385 g/mol. The Balaban J connectivity index is 1.66. The van der Waals surface area contributed by atoms with Gasteiger partial charge in [-0.2, -0.15) is 0 Å². The Bertz CT molecular complexity index is 608. The number of thiophene rings is 1. The average Bonchev–Trinajstić information content (AvgIpc) is 3.20. The second kappa shape index (κ2) is 7.41. The molecule has 3 heterocycles. The lowest BCUT2D eigenvalue weighted by molar-refractivity contribution is 0.0168. The number of halogens is 1. The molecule has 0 aromatic carbocycles. The van der Waals surface area contributed by atoms with Crippen LogP contribution in [0.25, 0.3) is 0 Å². The second-order valence-corrected chi connectivity index (χ2v) is 6.75. The van der Waals surface area contributed by atoms with Crippen LogP contribution in [0.15, 0.2) is 38.7 Å².